The second-order valence-corrected chi connectivity index (χ2v) is 4.02. The van der Waals surface area contributed by atoms with Crippen molar-refractivity contribution in [2.75, 3.05) is 13.1 Å². The first kappa shape index (κ1) is 11.0. The van der Waals surface area contributed by atoms with Gasteiger partial charge in [-0.05, 0) is 20.8 Å². The molecule has 5 nitrogen and oxygen atoms in total. The van der Waals surface area contributed by atoms with Crippen LogP contribution in [0.4, 0.5) is 0 Å². The SMILES string of the molecule is CC1C(=O)NCCN1C(=O)C(C)(C)O. The summed E-state index contributed by atoms with van der Waals surface area (Å²) in [6, 6.07) is -0.498. The lowest BCUT2D eigenvalue weighted by Crippen LogP contribution is -2.59. The van der Waals surface area contributed by atoms with E-state index in [-0.39, 0.29) is 5.91 Å². The highest BCUT2D eigenvalue weighted by molar-refractivity contribution is 5.91. The summed E-state index contributed by atoms with van der Waals surface area (Å²) in [5, 5.41) is 12.2. The molecule has 1 aliphatic heterocycles. The molecule has 5 heteroatoms. The summed E-state index contributed by atoms with van der Waals surface area (Å²) in [4.78, 5) is 24.3. The Morgan fingerprint density at radius 3 is 2.71 bits per heavy atom. The van der Waals surface area contributed by atoms with Gasteiger partial charge in [-0.15, -0.1) is 0 Å². The number of nitrogens with zero attached hydrogens (tertiary/aromatic N) is 1. The first-order valence-corrected chi connectivity index (χ1v) is 4.65. The quantitative estimate of drug-likeness (QED) is 0.576. The van der Waals surface area contributed by atoms with Crippen LogP contribution < -0.4 is 5.32 Å². The van der Waals surface area contributed by atoms with Gasteiger partial charge in [0.05, 0.1) is 0 Å². The van der Waals surface area contributed by atoms with E-state index in [0.717, 1.165) is 0 Å². The summed E-state index contributed by atoms with van der Waals surface area (Å²) in [5.41, 5.74) is -1.41. The lowest BCUT2D eigenvalue weighted by molar-refractivity contribution is -0.155. The number of aliphatic hydroxyl groups is 1. The summed E-state index contributed by atoms with van der Waals surface area (Å²) in [5.74, 6) is -0.575. The highest BCUT2D eigenvalue weighted by Gasteiger charge is 2.36. The second kappa shape index (κ2) is 3.57. The molecule has 2 amide bonds. The summed E-state index contributed by atoms with van der Waals surface area (Å²) >= 11 is 0. The van der Waals surface area contributed by atoms with Gasteiger partial charge in [-0.1, -0.05) is 0 Å². The Labute approximate surface area is 83.1 Å². The summed E-state index contributed by atoms with van der Waals surface area (Å²) in [6.07, 6.45) is 0. The lowest BCUT2D eigenvalue weighted by Gasteiger charge is -2.36. The van der Waals surface area contributed by atoms with Crippen LogP contribution in [0.25, 0.3) is 0 Å². The molecule has 1 rings (SSSR count). The van der Waals surface area contributed by atoms with Gasteiger partial charge in [0, 0.05) is 13.1 Å². The third-order valence-corrected chi connectivity index (χ3v) is 2.28. The smallest absolute Gasteiger partial charge is 0.254 e. The Hall–Kier alpha value is -1.10. The lowest BCUT2D eigenvalue weighted by atomic mass is 10.1. The van der Waals surface area contributed by atoms with Crippen molar-refractivity contribution in [2.45, 2.75) is 32.4 Å². The Bertz CT molecular complexity index is 257. The van der Waals surface area contributed by atoms with E-state index in [1.165, 1.54) is 18.7 Å². The zero-order chi connectivity index (χ0) is 10.9. The third-order valence-electron chi connectivity index (χ3n) is 2.28. The molecule has 0 saturated carbocycles. The number of hydrogen-bond donors (Lipinski definition) is 2. The predicted molar refractivity (Wildman–Crippen MR) is 50.5 cm³/mol. The van der Waals surface area contributed by atoms with Crippen LogP contribution in [-0.4, -0.2) is 46.6 Å². The van der Waals surface area contributed by atoms with Crippen LogP contribution in [0.5, 0.6) is 0 Å². The van der Waals surface area contributed by atoms with E-state index in [9.17, 15) is 14.7 Å². The van der Waals surface area contributed by atoms with Gasteiger partial charge in [0.1, 0.15) is 11.6 Å². The maximum Gasteiger partial charge on any atom is 0.254 e. The van der Waals surface area contributed by atoms with Crippen LogP contribution in [0, 0.1) is 0 Å². The monoisotopic (exact) mass is 200 g/mol. The van der Waals surface area contributed by atoms with Gasteiger partial charge in [0.2, 0.25) is 5.91 Å². The van der Waals surface area contributed by atoms with Gasteiger partial charge in [-0.25, -0.2) is 0 Å². The average molecular weight is 200 g/mol. The van der Waals surface area contributed by atoms with Crippen molar-refractivity contribution < 1.29 is 14.7 Å². The maximum absolute atomic E-state index is 11.7. The molecule has 0 aliphatic carbocycles. The summed E-state index contributed by atoms with van der Waals surface area (Å²) in [6.45, 7) is 5.40. The third kappa shape index (κ3) is 2.04. The van der Waals surface area contributed by atoms with Crippen molar-refractivity contribution in [1.82, 2.24) is 10.2 Å². The molecular weight excluding hydrogens is 184 g/mol. The van der Waals surface area contributed by atoms with Crippen LogP contribution in [0.15, 0.2) is 0 Å². The minimum Gasteiger partial charge on any atom is -0.381 e. The molecule has 0 radical (unpaired) electrons. The largest absolute Gasteiger partial charge is 0.381 e. The number of hydrogen-bond acceptors (Lipinski definition) is 3. The summed E-state index contributed by atoms with van der Waals surface area (Å²) in [7, 11) is 0. The molecule has 0 aromatic rings. The molecular formula is C9H16N2O3. The molecule has 0 aromatic carbocycles. The number of rotatable bonds is 1. The summed E-state index contributed by atoms with van der Waals surface area (Å²) < 4.78 is 0. The Kier molecular flexibility index (Phi) is 2.80. The Morgan fingerprint density at radius 1 is 1.64 bits per heavy atom. The fraction of sp³-hybridized carbons (Fsp3) is 0.778. The minimum absolute atomic E-state index is 0.172. The number of carbonyl (C=O) groups is 2. The van der Waals surface area contributed by atoms with Crippen LogP contribution in [0.3, 0.4) is 0 Å². The number of amides is 2. The van der Waals surface area contributed by atoms with Gasteiger partial charge in [-0.2, -0.15) is 0 Å². The van der Waals surface area contributed by atoms with Gasteiger partial charge >= 0.3 is 0 Å². The number of nitrogens with one attached hydrogen (secondary N) is 1. The number of carbonyl (C=O) groups excluding carboxylic acids is 2. The molecule has 1 heterocycles. The van der Waals surface area contributed by atoms with Crippen LogP contribution >= 0.6 is 0 Å². The fourth-order valence-electron chi connectivity index (χ4n) is 1.41. The normalized spacial score (nSPS) is 23.3. The van der Waals surface area contributed by atoms with E-state index in [4.69, 9.17) is 0 Å². The van der Waals surface area contributed by atoms with E-state index >= 15 is 0 Å². The van der Waals surface area contributed by atoms with E-state index < -0.39 is 17.6 Å². The molecule has 1 atom stereocenters. The molecule has 0 bridgehead atoms. The molecule has 1 saturated heterocycles. The van der Waals surface area contributed by atoms with E-state index in [1.54, 1.807) is 6.92 Å². The van der Waals surface area contributed by atoms with Crippen molar-refractivity contribution >= 4 is 11.8 Å². The topological polar surface area (TPSA) is 69.6 Å². The maximum atomic E-state index is 11.7. The molecule has 2 N–H and O–H groups in total. The Morgan fingerprint density at radius 2 is 2.21 bits per heavy atom. The van der Waals surface area contributed by atoms with Crippen molar-refractivity contribution in [3.63, 3.8) is 0 Å². The van der Waals surface area contributed by atoms with Crippen LogP contribution in [0.2, 0.25) is 0 Å². The van der Waals surface area contributed by atoms with Crippen LogP contribution in [0.1, 0.15) is 20.8 Å². The van der Waals surface area contributed by atoms with Crippen molar-refractivity contribution in [3.05, 3.63) is 0 Å². The van der Waals surface area contributed by atoms with Gasteiger partial charge in [0.15, 0.2) is 0 Å². The first-order valence-electron chi connectivity index (χ1n) is 4.65. The van der Waals surface area contributed by atoms with Gasteiger partial charge in [-0.3, -0.25) is 9.59 Å². The van der Waals surface area contributed by atoms with Gasteiger partial charge < -0.3 is 15.3 Å². The first-order chi connectivity index (χ1) is 6.34. The highest BCUT2D eigenvalue weighted by atomic mass is 16.3. The highest BCUT2D eigenvalue weighted by Crippen LogP contribution is 2.12. The fourth-order valence-corrected chi connectivity index (χ4v) is 1.41. The molecule has 14 heavy (non-hydrogen) atoms. The number of piperazine rings is 1. The average Bonchev–Trinajstić information content (AvgIpc) is 2.07. The van der Waals surface area contributed by atoms with E-state index in [1.807, 2.05) is 0 Å². The van der Waals surface area contributed by atoms with Crippen LogP contribution in [-0.2, 0) is 9.59 Å². The molecule has 1 aliphatic rings. The molecule has 0 aromatic heterocycles. The standard InChI is InChI=1S/C9H16N2O3/c1-6-7(12)10-4-5-11(6)8(13)9(2,3)14/h6,14H,4-5H2,1-3H3,(H,10,12). The van der Waals surface area contributed by atoms with Crippen molar-refractivity contribution in [1.29, 1.82) is 0 Å². The molecule has 80 valence electrons. The van der Waals surface area contributed by atoms with Gasteiger partial charge in [0.25, 0.3) is 5.91 Å². The van der Waals surface area contributed by atoms with E-state index in [0.29, 0.717) is 13.1 Å². The molecule has 0 spiro atoms. The Balaban J connectivity index is 2.77. The molecule has 1 unspecified atom stereocenters. The van der Waals surface area contributed by atoms with Crippen molar-refractivity contribution in [2.24, 2.45) is 0 Å². The zero-order valence-electron chi connectivity index (χ0n) is 8.70. The second-order valence-electron chi connectivity index (χ2n) is 4.02. The minimum atomic E-state index is -1.41. The zero-order valence-corrected chi connectivity index (χ0v) is 8.70. The van der Waals surface area contributed by atoms with Crippen molar-refractivity contribution in [3.8, 4) is 0 Å². The molecule has 1 fully saturated rings. The predicted octanol–water partition coefficient (Wildman–Crippen LogP) is -0.896. The van der Waals surface area contributed by atoms with E-state index in [2.05, 4.69) is 5.32 Å².